The number of halogens is 1. The van der Waals surface area contributed by atoms with Crippen molar-refractivity contribution in [2.24, 2.45) is 5.92 Å². The van der Waals surface area contributed by atoms with Gasteiger partial charge in [-0.1, -0.05) is 25.5 Å². The molecule has 48 valence electrons. The molecule has 0 aromatic carbocycles. The van der Waals surface area contributed by atoms with Crippen molar-refractivity contribution >= 4 is 19.9 Å². The van der Waals surface area contributed by atoms with Gasteiger partial charge in [0.1, 0.15) is 0 Å². The monoisotopic (exact) mass is 148 g/mol. The Morgan fingerprint density at radius 2 is 2.38 bits per heavy atom. The first kappa shape index (κ1) is 8.25. The van der Waals surface area contributed by atoms with Crippen LogP contribution in [0, 0.1) is 5.92 Å². The van der Waals surface area contributed by atoms with Crippen molar-refractivity contribution in [2.75, 3.05) is 0 Å². The second-order valence-electron chi connectivity index (χ2n) is 2.10. The first-order chi connectivity index (χ1) is 3.72. The van der Waals surface area contributed by atoms with E-state index in [1.807, 2.05) is 0 Å². The highest BCUT2D eigenvalue weighted by molar-refractivity contribution is 6.97. The van der Waals surface area contributed by atoms with Gasteiger partial charge in [-0.15, -0.1) is 6.58 Å². The molecule has 0 amide bonds. The zero-order valence-corrected chi connectivity index (χ0v) is 7.75. The van der Waals surface area contributed by atoms with Gasteiger partial charge < -0.3 is 0 Å². The third-order valence-electron chi connectivity index (χ3n) is 1.48. The third-order valence-corrected chi connectivity index (χ3v) is 3.55. The van der Waals surface area contributed by atoms with Crippen molar-refractivity contribution in [3.05, 3.63) is 11.8 Å². The number of allylic oxidation sites excluding steroid dienone is 1. The van der Waals surface area contributed by atoms with Crippen LogP contribution in [0.15, 0.2) is 11.8 Å². The molecule has 1 atom stereocenters. The van der Waals surface area contributed by atoms with E-state index >= 15 is 0 Å². The average Bonchev–Trinajstić information content (AvgIpc) is 1.84. The van der Waals surface area contributed by atoms with E-state index in [1.54, 1.807) is 0 Å². The molecular weight excluding hydrogens is 136 g/mol. The van der Waals surface area contributed by atoms with Gasteiger partial charge >= 0.3 is 0 Å². The fourth-order valence-corrected chi connectivity index (χ4v) is 1.76. The summed E-state index contributed by atoms with van der Waals surface area (Å²) in [7, 11) is -0.442. The molecule has 0 nitrogen and oxygen atoms in total. The normalized spacial score (nSPS) is 14.9. The number of hydrogen-bond acceptors (Lipinski definition) is 0. The Labute approximate surface area is 58.5 Å². The van der Waals surface area contributed by atoms with Crippen LogP contribution in [0.25, 0.3) is 0 Å². The zero-order chi connectivity index (χ0) is 6.57. The van der Waals surface area contributed by atoms with Crippen molar-refractivity contribution in [1.82, 2.24) is 0 Å². The summed E-state index contributed by atoms with van der Waals surface area (Å²) in [5, 5.41) is 1.29. The van der Waals surface area contributed by atoms with Gasteiger partial charge in [0.15, 0.2) is 8.83 Å². The third kappa shape index (κ3) is 2.53. The first-order valence-corrected chi connectivity index (χ1v) is 5.80. The molecule has 0 aromatic rings. The van der Waals surface area contributed by atoms with Crippen molar-refractivity contribution in [3.8, 4) is 0 Å². The molecule has 0 rings (SSSR count). The summed E-state index contributed by atoms with van der Waals surface area (Å²) in [6.45, 7) is 8.22. The Morgan fingerprint density at radius 3 is 2.50 bits per heavy atom. The molecule has 0 radical (unpaired) electrons. The summed E-state index contributed by atoms with van der Waals surface area (Å²) in [4.78, 5) is 0. The quantitative estimate of drug-likeness (QED) is 0.424. The molecule has 2 heteroatoms. The molecule has 0 spiro atoms. The largest absolute Gasteiger partial charge is 0.170 e. The Hall–Kier alpha value is 0.247. The van der Waals surface area contributed by atoms with Crippen LogP contribution in [-0.4, -0.2) is 8.83 Å². The minimum absolute atomic E-state index is 0.442. The molecule has 0 aliphatic heterocycles. The topological polar surface area (TPSA) is 0 Å². The minimum atomic E-state index is -0.442. The van der Waals surface area contributed by atoms with Crippen LogP contribution in [0.1, 0.15) is 20.3 Å². The van der Waals surface area contributed by atoms with Crippen LogP contribution in [0.2, 0.25) is 0 Å². The van der Waals surface area contributed by atoms with E-state index in [9.17, 15) is 0 Å². The van der Waals surface area contributed by atoms with Crippen molar-refractivity contribution in [3.63, 3.8) is 0 Å². The molecule has 0 bridgehead atoms. The van der Waals surface area contributed by atoms with Gasteiger partial charge in [0.05, 0.1) is 0 Å². The SMILES string of the molecule is C=C([SiH2]Cl)C(C)CC. The highest BCUT2D eigenvalue weighted by Gasteiger charge is 2.00. The van der Waals surface area contributed by atoms with Crippen LogP contribution in [0.4, 0.5) is 0 Å². The van der Waals surface area contributed by atoms with E-state index in [4.69, 9.17) is 11.1 Å². The molecule has 0 aliphatic carbocycles. The average molecular weight is 149 g/mol. The molecule has 0 heterocycles. The van der Waals surface area contributed by atoms with Crippen molar-refractivity contribution in [1.29, 1.82) is 0 Å². The highest BCUT2D eigenvalue weighted by Crippen LogP contribution is 2.10. The minimum Gasteiger partial charge on any atom is -0.170 e. The van der Waals surface area contributed by atoms with Crippen molar-refractivity contribution in [2.45, 2.75) is 20.3 Å². The Balaban J connectivity index is 3.46. The summed E-state index contributed by atoms with van der Waals surface area (Å²) in [5.74, 6) is 0.652. The molecule has 8 heavy (non-hydrogen) atoms. The lowest BCUT2D eigenvalue weighted by molar-refractivity contribution is 0.686. The van der Waals surface area contributed by atoms with Gasteiger partial charge in [-0.05, 0) is 5.92 Å². The van der Waals surface area contributed by atoms with Crippen LogP contribution in [-0.2, 0) is 0 Å². The summed E-state index contributed by atoms with van der Waals surface area (Å²) in [5.41, 5.74) is 0. The number of rotatable bonds is 3. The zero-order valence-electron chi connectivity index (χ0n) is 5.58. The first-order valence-electron chi connectivity index (χ1n) is 2.96. The summed E-state index contributed by atoms with van der Waals surface area (Å²) in [6, 6.07) is 0. The van der Waals surface area contributed by atoms with E-state index < -0.39 is 8.83 Å². The lowest BCUT2D eigenvalue weighted by atomic mass is 10.1. The van der Waals surface area contributed by atoms with Gasteiger partial charge in [-0.2, -0.15) is 11.1 Å². The maximum atomic E-state index is 5.66. The molecule has 0 saturated heterocycles. The molecule has 0 saturated carbocycles. The molecular formula is C6H13ClSi. The Morgan fingerprint density at radius 1 is 1.88 bits per heavy atom. The Bertz CT molecular complexity index is 80.6. The lowest BCUT2D eigenvalue weighted by Gasteiger charge is -2.06. The van der Waals surface area contributed by atoms with Crippen LogP contribution >= 0.6 is 11.1 Å². The number of hydrogen-bond donors (Lipinski definition) is 0. The van der Waals surface area contributed by atoms with E-state index in [0.717, 1.165) is 0 Å². The summed E-state index contributed by atoms with van der Waals surface area (Å²) < 4.78 is 0. The van der Waals surface area contributed by atoms with Crippen LogP contribution in [0.3, 0.4) is 0 Å². The molecule has 0 aliphatic rings. The molecule has 0 aromatic heterocycles. The highest BCUT2D eigenvalue weighted by atomic mass is 35.6. The Kier molecular flexibility index (Phi) is 4.29. The van der Waals surface area contributed by atoms with Gasteiger partial charge in [0.25, 0.3) is 0 Å². The van der Waals surface area contributed by atoms with Gasteiger partial charge in [-0.3, -0.25) is 0 Å². The van der Waals surface area contributed by atoms with Gasteiger partial charge in [0.2, 0.25) is 0 Å². The fraction of sp³-hybridized carbons (Fsp3) is 0.667. The predicted octanol–water partition coefficient (Wildman–Crippen LogP) is 1.87. The second-order valence-corrected chi connectivity index (χ2v) is 4.08. The van der Waals surface area contributed by atoms with E-state index in [-0.39, 0.29) is 0 Å². The maximum absolute atomic E-state index is 5.66. The summed E-state index contributed by atoms with van der Waals surface area (Å²) >= 11 is 5.66. The standard InChI is InChI=1S/C6H13ClSi/c1-4-5(2)6(3)8-7/h5H,3-4,8H2,1-2H3. The van der Waals surface area contributed by atoms with Gasteiger partial charge in [-0.25, -0.2) is 0 Å². The summed E-state index contributed by atoms with van der Waals surface area (Å²) in [6.07, 6.45) is 1.18. The maximum Gasteiger partial charge on any atom is 0.151 e. The van der Waals surface area contributed by atoms with Gasteiger partial charge in [0, 0.05) is 0 Å². The van der Waals surface area contributed by atoms with Crippen LogP contribution in [0.5, 0.6) is 0 Å². The fourth-order valence-electron chi connectivity index (χ4n) is 0.420. The van der Waals surface area contributed by atoms with E-state index in [2.05, 4.69) is 20.4 Å². The molecule has 0 fully saturated rings. The van der Waals surface area contributed by atoms with Crippen molar-refractivity contribution < 1.29 is 0 Å². The molecule has 1 unspecified atom stereocenters. The predicted molar refractivity (Wildman–Crippen MR) is 43.0 cm³/mol. The molecule has 0 N–H and O–H groups in total. The smallest absolute Gasteiger partial charge is 0.151 e. The second kappa shape index (κ2) is 4.16. The van der Waals surface area contributed by atoms with E-state index in [0.29, 0.717) is 5.92 Å². The lowest BCUT2D eigenvalue weighted by Crippen LogP contribution is -1.98. The van der Waals surface area contributed by atoms with E-state index in [1.165, 1.54) is 11.6 Å². The van der Waals surface area contributed by atoms with Crippen LogP contribution < -0.4 is 0 Å².